The summed E-state index contributed by atoms with van der Waals surface area (Å²) in [5.41, 5.74) is 0. The van der Waals surface area contributed by atoms with E-state index in [0.29, 0.717) is 0 Å². The van der Waals surface area contributed by atoms with Crippen LogP contribution in [0.15, 0.2) is 0 Å². The minimum Gasteiger partial charge on any atom is -0.466 e. The third-order valence-corrected chi connectivity index (χ3v) is 1.08. The molecule has 0 spiro atoms. The van der Waals surface area contributed by atoms with Crippen LogP contribution in [-0.4, -0.2) is 31.9 Å². The number of terminal acetylenes is 1. The average Bonchev–Trinajstić information content (AvgIpc) is 2.13. The quantitative estimate of drug-likeness (QED) is 0.469. The van der Waals surface area contributed by atoms with Crippen molar-refractivity contribution >= 4 is 12.1 Å². The number of hydrogen-bond acceptors (Lipinski definition) is 5. The molecule has 0 aliphatic carbocycles. The van der Waals surface area contributed by atoms with Crippen molar-refractivity contribution in [1.82, 2.24) is 0 Å². The van der Waals surface area contributed by atoms with Gasteiger partial charge in [-0.15, -0.1) is 6.42 Å². The molecule has 0 rings (SSSR count). The Bertz CT molecular complexity index is 227. The topological polar surface area (TPSA) is 61.8 Å². The number of carbonyl (C=O) groups is 2. The minimum absolute atomic E-state index is 0.188. The van der Waals surface area contributed by atoms with Crippen LogP contribution in [-0.2, 0) is 19.0 Å². The standard InChI is InChI=1S/C8H10O5/c1-4-5-12-8(10)13-6(2)7(9)11-3/h1,6H,5H2,2-3H3. The fourth-order valence-corrected chi connectivity index (χ4v) is 0.493. The highest BCUT2D eigenvalue weighted by molar-refractivity contribution is 5.76. The Morgan fingerprint density at radius 1 is 1.54 bits per heavy atom. The van der Waals surface area contributed by atoms with E-state index >= 15 is 0 Å². The average molecular weight is 186 g/mol. The fourth-order valence-electron chi connectivity index (χ4n) is 0.493. The predicted molar refractivity (Wildman–Crippen MR) is 42.7 cm³/mol. The molecule has 0 saturated heterocycles. The summed E-state index contributed by atoms with van der Waals surface area (Å²) < 4.78 is 13.1. The Hall–Kier alpha value is -1.70. The SMILES string of the molecule is C#CCOC(=O)OC(C)C(=O)OC. The van der Waals surface area contributed by atoms with E-state index < -0.39 is 18.2 Å². The second-order valence-electron chi connectivity index (χ2n) is 2.03. The van der Waals surface area contributed by atoms with Gasteiger partial charge in [0.25, 0.3) is 0 Å². The van der Waals surface area contributed by atoms with Gasteiger partial charge in [0.05, 0.1) is 7.11 Å². The van der Waals surface area contributed by atoms with Gasteiger partial charge >= 0.3 is 12.1 Å². The maximum atomic E-state index is 10.7. The summed E-state index contributed by atoms with van der Waals surface area (Å²) in [5, 5.41) is 0. The lowest BCUT2D eigenvalue weighted by atomic mass is 10.4. The van der Waals surface area contributed by atoms with Crippen LogP contribution in [0.5, 0.6) is 0 Å². The van der Waals surface area contributed by atoms with Crippen LogP contribution in [0.25, 0.3) is 0 Å². The number of carbonyl (C=O) groups excluding carboxylic acids is 2. The summed E-state index contributed by atoms with van der Waals surface area (Å²) in [6.45, 7) is 1.18. The first-order valence-electron chi connectivity index (χ1n) is 3.46. The fraction of sp³-hybridized carbons (Fsp3) is 0.500. The Morgan fingerprint density at radius 2 is 2.15 bits per heavy atom. The zero-order valence-electron chi connectivity index (χ0n) is 7.40. The van der Waals surface area contributed by atoms with Crippen molar-refractivity contribution in [1.29, 1.82) is 0 Å². The lowest BCUT2D eigenvalue weighted by Crippen LogP contribution is -2.25. The third kappa shape index (κ3) is 4.69. The molecule has 0 aliphatic heterocycles. The van der Waals surface area contributed by atoms with E-state index in [0.717, 1.165) is 0 Å². The Labute approximate surface area is 76.0 Å². The van der Waals surface area contributed by atoms with Gasteiger partial charge in [-0.25, -0.2) is 9.59 Å². The smallest absolute Gasteiger partial charge is 0.466 e. The van der Waals surface area contributed by atoms with Crippen molar-refractivity contribution in [2.24, 2.45) is 0 Å². The zero-order valence-corrected chi connectivity index (χ0v) is 7.40. The van der Waals surface area contributed by atoms with Gasteiger partial charge in [-0.3, -0.25) is 0 Å². The van der Waals surface area contributed by atoms with E-state index in [1.165, 1.54) is 14.0 Å². The summed E-state index contributed by atoms with van der Waals surface area (Å²) in [6.07, 6.45) is 2.84. The molecule has 0 N–H and O–H groups in total. The van der Waals surface area contributed by atoms with Crippen molar-refractivity contribution in [3.05, 3.63) is 0 Å². The van der Waals surface area contributed by atoms with Gasteiger partial charge in [-0.05, 0) is 6.92 Å². The number of ether oxygens (including phenoxy) is 3. The van der Waals surface area contributed by atoms with E-state index in [9.17, 15) is 9.59 Å². The Morgan fingerprint density at radius 3 is 2.62 bits per heavy atom. The molecule has 0 aliphatic rings. The molecule has 0 heterocycles. The van der Waals surface area contributed by atoms with E-state index in [-0.39, 0.29) is 6.61 Å². The second kappa shape index (κ2) is 5.89. The van der Waals surface area contributed by atoms with Gasteiger partial charge in [-0.2, -0.15) is 0 Å². The third-order valence-electron chi connectivity index (χ3n) is 1.08. The molecule has 1 unspecified atom stereocenters. The Kier molecular flexibility index (Phi) is 5.12. The van der Waals surface area contributed by atoms with E-state index in [1.807, 2.05) is 0 Å². The number of rotatable bonds is 3. The van der Waals surface area contributed by atoms with Crippen LogP contribution in [0.4, 0.5) is 4.79 Å². The molecule has 5 heteroatoms. The zero-order chi connectivity index (χ0) is 10.3. The van der Waals surface area contributed by atoms with Gasteiger partial charge < -0.3 is 14.2 Å². The predicted octanol–water partition coefficient (Wildman–Crippen LogP) is 0.334. The molecule has 0 aromatic heterocycles. The van der Waals surface area contributed by atoms with Gasteiger partial charge in [0, 0.05) is 0 Å². The largest absolute Gasteiger partial charge is 0.510 e. The van der Waals surface area contributed by atoms with Gasteiger partial charge in [0.2, 0.25) is 0 Å². The maximum absolute atomic E-state index is 10.7. The molecule has 72 valence electrons. The molecular weight excluding hydrogens is 176 g/mol. The molecule has 0 aromatic carbocycles. The number of hydrogen-bond donors (Lipinski definition) is 0. The van der Waals surface area contributed by atoms with Crippen LogP contribution in [0.3, 0.4) is 0 Å². The molecule has 0 aromatic rings. The highest BCUT2D eigenvalue weighted by Crippen LogP contribution is 1.96. The first-order chi connectivity index (χ1) is 6.11. The number of methoxy groups -OCH3 is 1. The van der Waals surface area contributed by atoms with Gasteiger partial charge in [-0.1, -0.05) is 5.92 Å². The molecular formula is C8H10O5. The van der Waals surface area contributed by atoms with Crippen molar-refractivity contribution < 1.29 is 23.8 Å². The molecule has 1 atom stereocenters. The Balaban J connectivity index is 3.79. The van der Waals surface area contributed by atoms with Crippen LogP contribution in [0.2, 0.25) is 0 Å². The lowest BCUT2D eigenvalue weighted by molar-refractivity contribution is -0.150. The van der Waals surface area contributed by atoms with Gasteiger partial charge in [0.1, 0.15) is 0 Å². The second-order valence-corrected chi connectivity index (χ2v) is 2.03. The lowest BCUT2D eigenvalue weighted by Gasteiger charge is -2.09. The first-order valence-corrected chi connectivity index (χ1v) is 3.46. The summed E-state index contributed by atoms with van der Waals surface area (Å²) >= 11 is 0. The highest BCUT2D eigenvalue weighted by Gasteiger charge is 2.18. The summed E-state index contributed by atoms with van der Waals surface area (Å²) in [6, 6.07) is 0. The summed E-state index contributed by atoms with van der Waals surface area (Å²) in [7, 11) is 1.19. The van der Waals surface area contributed by atoms with E-state index in [2.05, 4.69) is 20.1 Å². The van der Waals surface area contributed by atoms with E-state index in [4.69, 9.17) is 6.42 Å². The van der Waals surface area contributed by atoms with Crippen molar-refractivity contribution in [3.8, 4) is 12.3 Å². The monoisotopic (exact) mass is 186 g/mol. The molecule has 0 radical (unpaired) electrons. The molecule has 13 heavy (non-hydrogen) atoms. The van der Waals surface area contributed by atoms with Crippen molar-refractivity contribution in [2.45, 2.75) is 13.0 Å². The van der Waals surface area contributed by atoms with Crippen LogP contribution >= 0.6 is 0 Å². The van der Waals surface area contributed by atoms with Gasteiger partial charge in [0.15, 0.2) is 12.7 Å². The van der Waals surface area contributed by atoms with Crippen LogP contribution in [0, 0.1) is 12.3 Å². The highest BCUT2D eigenvalue weighted by atomic mass is 16.7. The molecule has 0 saturated carbocycles. The number of esters is 1. The normalized spacial score (nSPS) is 10.8. The maximum Gasteiger partial charge on any atom is 0.510 e. The van der Waals surface area contributed by atoms with Crippen LogP contribution < -0.4 is 0 Å². The van der Waals surface area contributed by atoms with Crippen molar-refractivity contribution in [3.63, 3.8) is 0 Å². The minimum atomic E-state index is -0.990. The summed E-state index contributed by atoms with van der Waals surface area (Å²) in [5.74, 6) is 1.42. The van der Waals surface area contributed by atoms with Crippen molar-refractivity contribution in [2.75, 3.05) is 13.7 Å². The van der Waals surface area contributed by atoms with Crippen LogP contribution in [0.1, 0.15) is 6.92 Å². The summed E-state index contributed by atoms with van der Waals surface area (Å²) in [4.78, 5) is 21.4. The molecule has 0 amide bonds. The van der Waals surface area contributed by atoms with E-state index in [1.54, 1.807) is 0 Å². The molecule has 0 fully saturated rings. The first kappa shape index (κ1) is 11.3. The molecule has 5 nitrogen and oxygen atoms in total. The molecule has 0 bridgehead atoms.